The van der Waals surface area contributed by atoms with Crippen LogP contribution in [-0.4, -0.2) is 28.5 Å². The standard InChI is InChI=1S/C21H25N3OS/c22-21(25)19(14-24-11-7-18-3-1-2-4-20(18)24)17-5-9-23(10-6-17)13-16-8-12-26-15-16/h1-4,7-8,11-12,15,17,19H,5-6,9-10,13-14H2,(H2,22,25). The lowest BCUT2D eigenvalue weighted by molar-refractivity contribution is -0.124. The molecule has 5 heteroatoms. The highest BCUT2D eigenvalue weighted by Gasteiger charge is 2.30. The second kappa shape index (κ2) is 7.64. The molecule has 1 fully saturated rings. The number of fused-ring (bicyclic) bond motifs is 1. The molecule has 4 nitrogen and oxygen atoms in total. The van der Waals surface area contributed by atoms with Gasteiger partial charge < -0.3 is 10.3 Å². The van der Waals surface area contributed by atoms with Crippen molar-refractivity contribution in [3.05, 3.63) is 58.9 Å². The summed E-state index contributed by atoms with van der Waals surface area (Å²) in [7, 11) is 0. The Kier molecular flexibility index (Phi) is 5.09. The lowest BCUT2D eigenvalue weighted by Gasteiger charge is -2.35. The molecule has 1 atom stereocenters. The maximum Gasteiger partial charge on any atom is 0.222 e. The molecule has 1 aliphatic heterocycles. The van der Waals surface area contributed by atoms with E-state index in [1.54, 1.807) is 11.3 Å². The number of nitrogens with two attached hydrogens (primary N) is 1. The number of thiophene rings is 1. The Morgan fingerprint density at radius 1 is 1.19 bits per heavy atom. The SMILES string of the molecule is NC(=O)C(Cn1ccc2ccccc21)C1CCN(Cc2ccsc2)CC1. The first-order valence-corrected chi connectivity index (χ1v) is 10.2. The third-order valence-electron chi connectivity index (χ3n) is 5.63. The Balaban J connectivity index is 1.42. The highest BCUT2D eigenvalue weighted by Crippen LogP contribution is 2.28. The molecule has 0 radical (unpaired) electrons. The quantitative estimate of drug-likeness (QED) is 0.722. The van der Waals surface area contributed by atoms with Crippen LogP contribution in [0.25, 0.3) is 10.9 Å². The number of primary amides is 1. The number of amides is 1. The zero-order valence-electron chi connectivity index (χ0n) is 14.9. The van der Waals surface area contributed by atoms with Gasteiger partial charge in [0.05, 0.1) is 5.92 Å². The number of piperidine rings is 1. The Morgan fingerprint density at radius 2 is 2.00 bits per heavy atom. The highest BCUT2D eigenvalue weighted by molar-refractivity contribution is 7.07. The second-order valence-electron chi connectivity index (χ2n) is 7.28. The molecule has 26 heavy (non-hydrogen) atoms. The van der Waals surface area contributed by atoms with E-state index in [-0.39, 0.29) is 11.8 Å². The minimum absolute atomic E-state index is 0.103. The van der Waals surface area contributed by atoms with Gasteiger partial charge in [-0.15, -0.1) is 0 Å². The normalized spacial score (nSPS) is 17.5. The van der Waals surface area contributed by atoms with Crippen LogP contribution >= 0.6 is 11.3 Å². The minimum atomic E-state index is -0.168. The van der Waals surface area contributed by atoms with E-state index < -0.39 is 0 Å². The summed E-state index contributed by atoms with van der Waals surface area (Å²) in [6.45, 7) is 3.77. The van der Waals surface area contributed by atoms with Crippen LogP contribution in [-0.2, 0) is 17.9 Å². The summed E-state index contributed by atoms with van der Waals surface area (Å²) < 4.78 is 2.18. The number of rotatable bonds is 6. The van der Waals surface area contributed by atoms with Crippen molar-refractivity contribution in [3.63, 3.8) is 0 Å². The molecular weight excluding hydrogens is 342 g/mol. The molecule has 1 unspecified atom stereocenters. The number of carbonyl (C=O) groups is 1. The smallest absolute Gasteiger partial charge is 0.222 e. The summed E-state index contributed by atoms with van der Waals surface area (Å²) in [5, 5.41) is 5.56. The Bertz CT molecular complexity index is 862. The van der Waals surface area contributed by atoms with E-state index in [9.17, 15) is 4.79 Å². The molecule has 4 rings (SSSR count). The third kappa shape index (κ3) is 3.69. The van der Waals surface area contributed by atoms with Gasteiger partial charge in [-0.3, -0.25) is 9.69 Å². The van der Waals surface area contributed by atoms with Crippen molar-refractivity contribution < 1.29 is 4.79 Å². The summed E-state index contributed by atoms with van der Waals surface area (Å²) in [6.07, 6.45) is 4.15. The number of nitrogens with zero attached hydrogens (tertiary/aromatic N) is 2. The summed E-state index contributed by atoms with van der Waals surface area (Å²) in [5.74, 6) is 0.0977. The van der Waals surface area contributed by atoms with Gasteiger partial charge in [-0.25, -0.2) is 0 Å². The van der Waals surface area contributed by atoms with Gasteiger partial charge in [0, 0.05) is 24.8 Å². The number of likely N-dealkylation sites (tertiary alicyclic amines) is 1. The fourth-order valence-electron chi connectivity index (χ4n) is 4.14. The fraction of sp³-hybridized carbons (Fsp3) is 0.381. The van der Waals surface area contributed by atoms with Crippen LogP contribution in [0.3, 0.4) is 0 Å². The Labute approximate surface area is 158 Å². The van der Waals surface area contributed by atoms with E-state index in [1.165, 1.54) is 16.5 Å². The summed E-state index contributed by atoms with van der Waals surface area (Å²) >= 11 is 1.75. The van der Waals surface area contributed by atoms with Crippen molar-refractivity contribution in [1.29, 1.82) is 0 Å². The maximum atomic E-state index is 12.2. The van der Waals surface area contributed by atoms with Gasteiger partial charge in [0.15, 0.2) is 0 Å². The molecule has 2 N–H and O–H groups in total. The molecule has 1 aliphatic rings. The van der Waals surface area contributed by atoms with Crippen molar-refractivity contribution in [3.8, 4) is 0 Å². The van der Waals surface area contributed by atoms with Crippen LogP contribution < -0.4 is 5.73 Å². The van der Waals surface area contributed by atoms with Crippen LogP contribution in [0.4, 0.5) is 0 Å². The van der Waals surface area contributed by atoms with E-state index in [0.717, 1.165) is 32.5 Å². The molecule has 0 spiro atoms. The first kappa shape index (κ1) is 17.3. The molecule has 0 saturated carbocycles. The fourth-order valence-corrected chi connectivity index (χ4v) is 4.80. The first-order chi connectivity index (χ1) is 12.7. The largest absolute Gasteiger partial charge is 0.369 e. The number of hydrogen-bond acceptors (Lipinski definition) is 3. The average molecular weight is 368 g/mol. The molecule has 1 amide bonds. The van der Waals surface area contributed by atoms with Gasteiger partial charge in [0.25, 0.3) is 0 Å². The second-order valence-corrected chi connectivity index (χ2v) is 8.06. The van der Waals surface area contributed by atoms with Gasteiger partial charge in [-0.05, 0) is 71.8 Å². The van der Waals surface area contributed by atoms with Crippen molar-refractivity contribution >= 4 is 28.1 Å². The van der Waals surface area contributed by atoms with Crippen molar-refractivity contribution in [2.75, 3.05) is 13.1 Å². The molecule has 3 heterocycles. The zero-order valence-corrected chi connectivity index (χ0v) is 15.7. The van der Waals surface area contributed by atoms with E-state index in [1.807, 2.05) is 12.1 Å². The predicted molar refractivity (Wildman–Crippen MR) is 107 cm³/mol. The van der Waals surface area contributed by atoms with Gasteiger partial charge in [0.2, 0.25) is 5.91 Å². The van der Waals surface area contributed by atoms with Crippen LogP contribution in [0.2, 0.25) is 0 Å². The Hall–Kier alpha value is -2.11. The lowest BCUT2D eigenvalue weighted by Crippen LogP contribution is -2.41. The molecule has 136 valence electrons. The average Bonchev–Trinajstić information content (AvgIpc) is 3.30. The molecule has 1 saturated heterocycles. The summed E-state index contributed by atoms with van der Waals surface area (Å²) in [5.41, 5.74) is 8.37. The molecule has 2 aromatic heterocycles. The molecule has 0 aliphatic carbocycles. The van der Waals surface area contributed by atoms with E-state index >= 15 is 0 Å². The van der Waals surface area contributed by atoms with Crippen LogP contribution in [0.1, 0.15) is 18.4 Å². The number of benzene rings is 1. The van der Waals surface area contributed by atoms with E-state index in [0.29, 0.717) is 12.5 Å². The number of carbonyl (C=O) groups excluding carboxylic acids is 1. The van der Waals surface area contributed by atoms with E-state index in [4.69, 9.17) is 5.73 Å². The minimum Gasteiger partial charge on any atom is -0.369 e. The number of para-hydroxylation sites is 1. The zero-order chi connectivity index (χ0) is 17.9. The van der Waals surface area contributed by atoms with Crippen molar-refractivity contribution in [2.45, 2.75) is 25.9 Å². The Morgan fingerprint density at radius 3 is 2.73 bits per heavy atom. The van der Waals surface area contributed by atoms with Crippen LogP contribution in [0, 0.1) is 11.8 Å². The van der Waals surface area contributed by atoms with Gasteiger partial charge in [-0.1, -0.05) is 18.2 Å². The topological polar surface area (TPSA) is 51.3 Å². The lowest BCUT2D eigenvalue weighted by atomic mass is 9.83. The summed E-state index contributed by atoms with van der Waals surface area (Å²) in [4.78, 5) is 14.7. The summed E-state index contributed by atoms with van der Waals surface area (Å²) in [6, 6.07) is 12.6. The third-order valence-corrected chi connectivity index (χ3v) is 6.36. The predicted octanol–water partition coefficient (Wildman–Crippen LogP) is 3.72. The number of hydrogen-bond donors (Lipinski definition) is 1. The molecule has 3 aromatic rings. The molecule has 1 aromatic carbocycles. The number of aromatic nitrogens is 1. The van der Waals surface area contributed by atoms with Crippen molar-refractivity contribution in [1.82, 2.24) is 9.47 Å². The van der Waals surface area contributed by atoms with E-state index in [2.05, 4.69) is 50.7 Å². The van der Waals surface area contributed by atoms with Crippen LogP contribution in [0.15, 0.2) is 53.4 Å². The van der Waals surface area contributed by atoms with Crippen molar-refractivity contribution in [2.24, 2.45) is 17.6 Å². The maximum absolute atomic E-state index is 12.2. The van der Waals surface area contributed by atoms with Crippen LogP contribution in [0.5, 0.6) is 0 Å². The van der Waals surface area contributed by atoms with Gasteiger partial charge in [0.1, 0.15) is 0 Å². The molecule has 0 bridgehead atoms. The highest BCUT2D eigenvalue weighted by atomic mass is 32.1. The monoisotopic (exact) mass is 367 g/mol. The van der Waals surface area contributed by atoms with Gasteiger partial charge in [-0.2, -0.15) is 11.3 Å². The first-order valence-electron chi connectivity index (χ1n) is 9.27. The van der Waals surface area contributed by atoms with Gasteiger partial charge >= 0.3 is 0 Å². The molecular formula is C21H25N3OS.